The number of nitrogens with zero attached hydrogens (tertiary/aromatic N) is 1. The van der Waals surface area contributed by atoms with E-state index in [0.29, 0.717) is 19.5 Å². The number of rotatable bonds is 6. The van der Waals surface area contributed by atoms with Crippen molar-refractivity contribution in [2.75, 3.05) is 19.7 Å². The molecule has 0 fully saturated rings. The average Bonchev–Trinajstić information content (AvgIpc) is 2.36. The Labute approximate surface area is 114 Å². The lowest BCUT2D eigenvalue weighted by atomic mass is 10.1. The van der Waals surface area contributed by atoms with Crippen LogP contribution in [0.15, 0.2) is 30.3 Å². The number of carbonyl (C=O) groups is 1. The van der Waals surface area contributed by atoms with Gasteiger partial charge in [0.1, 0.15) is 0 Å². The molecular weight excluding hydrogens is 252 g/mol. The highest BCUT2D eigenvalue weighted by Crippen LogP contribution is 2.04. The van der Waals surface area contributed by atoms with Gasteiger partial charge in [0.15, 0.2) is 0 Å². The van der Waals surface area contributed by atoms with Gasteiger partial charge >= 0.3 is 0 Å². The summed E-state index contributed by atoms with van der Waals surface area (Å²) in [5.74, 6) is -0.106. The van der Waals surface area contributed by atoms with Gasteiger partial charge in [-0.15, -0.1) is 12.4 Å². The van der Waals surface area contributed by atoms with E-state index < -0.39 is 6.04 Å². The molecule has 0 aliphatic carbocycles. The molecule has 0 radical (unpaired) electrons. The second-order valence-electron chi connectivity index (χ2n) is 3.94. The van der Waals surface area contributed by atoms with Gasteiger partial charge in [0.25, 0.3) is 0 Å². The maximum atomic E-state index is 12.0. The summed E-state index contributed by atoms with van der Waals surface area (Å²) in [7, 11) is 0. The number of amides is 1. The number of aliphatic hydroxyl groups is 1. The number of aliphatic hydroxyl groups excluding tert-OH is 1. The third-order valence-corrected chi connectivity index (χ3v) is 2.68. The molecule has 1 rings (SSSR count). The van der Waals surface area contributed by atoms with E-state index in [1.807, 2.05) is 37.3 Å². The fourth-order valence-corrected chi connectivity index (χ4v) is 1.73. The lowest BCUT2D eigenvalue weighted by Crippen LogP contribution is -2.45. The number of benzene rings is 1. The van der Waals surface area contributed by atoms with E-state index in [9.17, 15) is 4.79 Å². The van der Waals surface area contributed by atoms with Crippen LogP contribution in [0.3, 0.4) is 0 Å². The van der Waals surface area contributed by atoms with Crippen LogP contribution in [0.2, 0.25) is 0 Å². The fraction of sp³-hybridized carbons (Fsp3) is 0.462. The van der Waals surface area contributed by atoms with Crippen molar-refractivity contribution in [1.29, 1.82) is 0 Å². The van der Waals surface area contributed by atoms with E-state index in [0.717, 1.165) is 5.56 Å². The van der Waals surface area contributed by atoms with Gasteiger partial charge in [-0.3, -0.25) is 4.79 Å². The molecule has 0 heterocycles. The Kier molecular flexibility index (Phi) is 8.37. The van der Waals surface area contributed by atoms with E-state index in [-0.39, 0.29) is 24.9 Å². The van der Waals surface area contributed by atoms with Gasteiger partial charge in [0, 0.05) is 13.1 Å². The molecule has 0 bridgehead atoms. The summed E-state index contributed by atoms with van der Waals surface area (Å²) in [5.41, 5.74) is 6.93. The zero-order chi connectivity index (χ0) is 12.7. The number of hydrogen-bond acceptors (Lipinski definition) is 3. The van der Waals surface area contributed by atoms with Crippen molar-refractivity contribution in [3.63, 3.8) is 0 Å². The Bertz CT molecular complexity index is 346. The molecule has 5 heteroatoms. The highest BCUT2D eigenvalue weighted by molar-refractivity contribution is 5.85. The first-order valence-corrected chi connectivity index (χ1v) is 5.88. The summed E-state index contributed by atoms with van der Waals surface area (Å²) in [6, 6.07) is 9.16. The molecule has 0 aliphatic rings. The normalized spacial score (nSPS) is 11.5. The molecule has 0 spiro atoms. The number of hydrogen-bond donors (Lipinski definition) is 2. The van der Waals surface area contributed by atoms with Gasteiger partial charge in [-0.25, -0.2) is 0 Å². The second kappa shape index (κ2) is 8.91. The maximum Gasteiger partial charge on any atom is 0.239 e. The van der Waals surface area contributed by atoms with Crippen LogP contribution >= 0.6 is 12.4 Å². The first-order chi connectivity index (χ1) is 8.19. The third kappa shape index (κ3) is 5.04. The van der Waals surface area contributed by atoms with Crippen molar-refractivity contribution in [2.45, 2.75) is 19.4 Å². The maximum absolute atomic E-state index is 12.0. The van der Waals surface area contributed by atoms with Gasteiger partial charge in [-0.05, 0) is 18.9 Å². The zero-order valence-electron chi connectivity index (χ0n) is 10.6. The molecule has 1 aromatic carbocycles. The largest absolute Gasteiger partial charge is 0.395 e. The van der Waals surface area contributed by atoms with Gasteiger partial charge in [-0.2, -0.15) is 0 Å². The van der Waals surface area contributed by atoms with Crippen LogP contribution in [0, 0.1) is 0 Å². The monoisotopic (exact) mass is 272 g/mol. The molecule has 102 valence electrons. The predicted octanol–water partition coefficient (Wildman–Crippen LogP) is 0.819. The van der Waals surface area contributed by atoms with Crippen molar-refractivity contribution in [3.05, 3.63) is 35.9 Å². The van der Waals surface area contributed by atoms with Gasteiger partial charge < -0.3 is 15.7 Å². The van der Waals surface area contributed by atoms with E-state index in [1.165, 1.54) is 0 Å². The summed E-state index contributed by atoms with van der Waals surface area (Å²) in [6.07, 6.45) is 0.529. The van der Waals surface area contributed by atoms with E-state index in [1.54, 1.807) is 4.90 Å². The van der Waals surface area contributed by atoms with Gasteiger partial charge in [0.05, 0.1) is 12.6 Å². The van der Waals surface area contributed by atoms with E-state index >= 15 is 0 Å². The molecule has 0 saturated carbocycles. The number of carbonyl (C=O) groups excluding carboxylic acids is 1. The van der Waals surface area contributed by atoms with Crippen LogP contribution in [0.5, 0.6) is 0 Å². The lowest BCUT2D eigenvalue weighted by molar-refractivity contribution is -0.132. The molecule has 1 amide bonds. The van der Waals surface area contributed by atoms with Crippen molar-refractivity contribution in [1.82, 2.24) is 4.90 Å². The molecule has 0 saturated heterocycles. The molecule has 18 heavy (non-hydrogen) atoms. The Morgan fingerprint density at radius 1 is 1.39 bits per heavy atom. The number of halogens is 1. The highest BCUT2D eigenvalue weighted by atomic mass is 35.5. The van der Waals surface area contributed by atoms with Crippen molar-refractivity contribution >= 4 is 18.3 Å². The first kappa shape index (κ1) is 16.9. The Morgan fingerprint density at radius 2 is 2.00 bits per heavy atom. The summed E-state index contributed by atoms with van der Waals surface area (Å²) in [5, 5.41) is 8.85. The van der Waals surface area contributed by atoms with E-state index in [2.05, 4.69) is 0 Å². The molecular formula is C13H21ClN2O2. The Hall–Kier alpha value is -1.10. The lowest BCUT2D eigenvalue weighted by Gasteiger charge is -2.23. The topological polar surface area (TPSA) is 66.6 Å². The minimum absolute atomic E-state index is 0. The van der Waals surface area contributed by atoms with Crippen LogP contribution in [0.25, 0.3) is 0 Å². The Balaban J connectivity index is 0.00000289. The van der Waals surface area contributed by atoms with Crippen molar-refractivity contribution in [2.24, 2.45) is 5.73 Å². The smallest absolute Gasteiger partial charge is 0.239 e. The third-order valence-electron chi connectivity index (χ3n) is 2.68. The summed E-state index contributed by atoms with van der Waals surface area (Å²) in [4.78, 5) is 13.5. The summed E-state index contributed by atoms with van der Waals surface area (Å²) < 4.78 is 0. The van der Waals surface area contributed by atoms with Crippen LogP contribution in [0.4, 0.5) is 0 Å². The van der Waals surface area contributed by atoms with Crippen molar-refractivity contribution in [3.8, 4) is 0 Å². The standard InChI is InChI=1S/C13H20N2O2.ClH/c1-2-15(8-9-16)13(17)12(14)10-11-6-4-3-5-7-11;/h3-7,12,16H,2,8-10,14H2,1H3;1H. The van der Waals surface area contributed by atoms with Crippen molar-refractivity contribution < 1.29 is 9.90 Å². The average molecular weight is 273 g/mol. The summed E-state index contributed by atoms with van der Waals surface area (Å²) in [6.45, 7) is 2.76. The highest BCUT2D eigenvalue weighted by Gasteiger charge is 2.19. The predicted molar refractivity (Wildman–Crippen MR) is 74.7 cm³/mol. The Morgan fingerprint density at radius 3 is 2.50 bits per heavy atom. The molecule has 3 N–H and O–H groups in total. The van der Waals surface area contributed by atoms with Gasteiger partial charge in [-0.1, -0.05) is 30.3 Å². The van der Waals surface area contributed by atoms with E-state index in [4.69, 9.17) is 10.8 Å². The second-order valence-corrected chi connectivity index (χ2v) is 3.94. The summed E-state index contributed by atoms with van der Waals surface area (Å²) >= 11 is 0. The molecule has 0 aliphatic heterocycles. The minimum Gasteiger partial charge on any atom is -0.395 e. The van der Waals surface area contributed by atoms with Crippen LogP contribution in [-0.2, 0) is 11.2 Å². The van der Waals surface area contributed by atoms with Crippen LogP contribution in [0.1, 0.15) is 12.5 Å². The van der Waals surface area contributed by atoms with Crippen LogP contribution in [-0.4, -0.2) is 41.7 Å². The minimum atomic E-state index is -0.538. The zero-order valence-corrected chi connectivity index (χ0v) is 11.4. The quantitative estimate of drug-likeness (QED) is 0.806. The molecule has 0 aromatic heterocycles. The molecule has 4 nitrogen and oxygen atoms in total. The van der Waals surface area contributed by atoms with Crippen LogP contribution < -0.4 is 5.73 Å². The first-order valence-electron chi connectivity index (χ1n) is 5.88. The number of likely N-dealkylation sites (N-methyl/N-ethyl adjacent to an activating group) is 1. The SMILES string of the molecule is CCN(CCO)C(=O)C(N)Cc1ccccc1.Cl. The molecule has 1 aromatic rings. The van der Waals surface area contributed by atoms with Gasteiger partial charge in [0.2, 0.25) is 5.91 Å². The fourth-order valence-electron chi connectivity index (χ4n) is 1.73. The molecule has 1 atom stereocenters. The molecule has 1 unspecified atom stereocenters. The number of nitrogens with two attached hydrogens (primary N) is 1.